The van der Waals surface area contributed by atoms with Gasteiger partial charge in [-0.05, 0) is 133 Å². The van der Waals surface area contributed by atoms with Crippen LogP contribution in [-0.2, 0) is 0 Å². The van der Waals surface area contributed by atoms with Gasteiger partial charge >= 0.3 is 0 Å². The minimum absolute atomic E-state index is 1.15. The standard InChI is InChI=1S/C58H36N2/c1-4-15-37(16-5-1)41-31-42(38-17-6-2-7-18-38)33-44(32-41)60-55-30-28-40(39-27-29-54-50(34-39)47-23-12-13-26-53(47)59(54)43-19-8-3-9-20-43)35-52(55)58-49-25-14-24-48-45-21-10-11-22-46(45)51(57(48)49)36-56(58)60/h1-36H. The van der Waals surface area contributed by atoms with Crippen molar-refractivity contribution in [2.45, 2.75) is 0 Å². The molecule has 2 nitrogen and oxygen atoms in total. The lowest BCUT2D eigenvalue weighted by Crippen LogP contribution is -1.96. The van der Waals surface area contributed by atoms with Gasteiger partial charge in [0.2, 0.25) is 0 Å². The molecule has 1 aliphatic carbocycles. The second-order valence-electron chi connectivity index (χ2n) is 16.1. The van der Waals surface area contributed by atoms with Gasteiger partial charge in [-0.3, -0.25) is 0 Å². The molecule has 0 amide bonds. The second-order valence-corrected chi connectivity index (χ2v) is 16.1. The van der Waals surface area contributed by atoms with Crippen molar-refractivity contribution in [2.24, 2.45) is 0 Å². The first kappa shape index (κ1) is 33.1. The number of fused-ring (bicyclic) bond motifs is 10. The Kier molecular flexibility index (Phi) is 7.05. The molecule has 0 fully saturated rings. The molecule has 0 radical (unpaired) electrons. The maximum atomic E-state index is 2.52. The molecule has 12 aromatic rings. The van der Waals surface area contributed by atoms with E-state index in [-0.39, 0.29) is 0 Å². The topological polar surface area (TPSA) is 9.86 Å². The highest BCUT2D eigenvalue weighted by atomic mass is 15.0. The summed E-state index contributed by atoms with van der Waals surface area (Å²) in [4.78, 5) is 0. The Bertz CT molecular complexity index is 3630. The van der Waals surface area contributed by atoms with Crippen LogP contribution >= 0.6 is 0 Å². The van der Waals surface area contributed by atoms with Crippen LogP contribution in [0.4, 0.5) is 0 Å². The molecule has 13 rings (SSSR count). The molecule has 278 valence electrons. The molecule has 0 spiro atoms. The minimum Gasteiger partial charge on any atom is -0.309 e. The Morgan fingerprint density at radius 2 is 0.733 bits per heavy atom. The Morgan fingerprint density at radius 3 is 1.43 bits per heavy atom. The summed E-state index contributed by atoms with van der Waals surface area (Å²) in [6, 6.07) is 80.5. The number of rotatable bonds is 5. The predicted octanol–water partition coefficient (Wildman–Crippen LogP) is 15.7. The SMILES string of the molecule is c1ccc(-c2cc(-c3ccccc3)cc(-n3c4ccc(-c5ccc6c(c5)c5ccccc5n6-c5ccccc5)cc4c4c5cccc6c5c(cc43)-c3ccccc3-6)c2)cc1. The Labute approximate surface area is 347 Å². The Hall–Kier alpha value is -7.94. The van der Waals surface area contributed by atoms with Crippen molar-refractivity contribution in [1.82, 2.24) is 9.13 Å². The maximum absolute atomic E-state index is 2.52. The van der Waals surface area contributed by atoms with Crippen LogP contribution in [0.5, 0.6) is 0 Å². The van der Waals surface area contributed by atoms with Crippen LogP contribution in [0.1, 0.15) is 0 Å². The molecule has 0 N–H and O–H groups in total. The smallest absolute Gasteiger partial charge is 0.0553 e. The molecule has 0 bridgehead atoms. The van der Waals surface area contributed by atoms with Gasteiger partial charge in [-0.1, -0.05) is 152 Å². The van der Waals surface area contributed by atoms with Gasteiger partial charge in [0.1, 0.15) is 0 Å². The zero-order valence-electron chi connectivity index (χ0n) is 32.7. The van der Waals surface area contributed by atoms with Crippen molar-refractivity contribution in [2.75, 3.05) is 0 Å². The summed E-state index contributed by atoms with van der Waals surface area (Å²) in [5.74, 6) is 0. The number of hydrogen-bond acceptors (Lipinski definition) is 0. The Morgan fingerprint density at radius 1 is 0.217 bits per heavy atom. The molecule has 1 aliphatic rings. The number of hydrogen-bond donors (Lipinski definition) is 0. The van der Waals surface area contributed by atoms with Crippen LogP contribution in [-0.4, -0.2) is 9.13 Å². The van der Waals surface area contributed by atoms with E-state index in [0.717, 1.165) is 5.69 Å². The van der Waals surface area contributed by atoms with E-state index in [4.69, 9.17) is 0 Å². The molecule has 60 heavy (non-hydrogen) atoms. The predicted molar refractivity (Wildman–Crippen MR) is 253 cm³/mol. The largest absolute Gasteiger partial charge is 0.309 e. The monoisotopic (exact) mass is 760 g/mol. The van der Waals surface area contributed by atoms with Gasteiger partial charge < -0.3 is 9.13 Å². The van der Waals surface area contributed by atoms with Crippen molar-refractivity contribution in [3.63, 3.8) is 0 Å². The minimum atomic E-state index is 1.15. The average Bonchev–Trinajstić information content (AvgIpc) is 3.96. The maximum Gasteiger partial charge on any atom is 0.0553 e. The van der Waals surface area contributed by atoms with Crippen LogP contribution in [0.3, 0.4) is 0 Å². The number of nitrogens with zero attached hydrogens (tertiary/aromatic N) is 2. The summed E-state index contributed by atoms with van der Waals surface area (Å²) in [6.07, 6.45) is 0. The van der Waals surface area contributed by atoms with Crippen LogP contribution in [0.25, 0.3) is 121 Å². The fourth-order valence-electron chi connectivity index (χ4n) is 10.2. The lowest BCUT2D eigenvalue weighted by Gasteiger charge is -2.15. The van der Waals surface area contributed by atoms with Crippen molar-refractivity contribution in [3.8, 4) is 67.0 Å². The molecule has 0 aliphatic heterocycles. The van der Waals surface area contributed by atoms with Gasteiger partial charge in [0, 0.05) is 32.9 Å². The van der Waals surface area contributed by atoms with Crippen LogP contribution < -0.4 is 0 Å². The number of benzene rings is 10. The van der Waals surface area contributed by atoms with Crippen LogP contribution in [0, 0.1) is 0 Å². The quantitative estimate of drug-likeness (QED) is 0.165. The first-order valence-electron chi connectivity index (χ1n) is 20.8. The molecular formula is C58H36N2. The molecule has 2 heteroatoms. The molecular weight excluding hydrogens is 725 g/mol. The van der Waals surface area contributed by atoms with Gasteiger partial charge in [0.05, 0.1) is 22.1 Å². The number of aromatic nitrogens is 2. The highest BCUT2D eigenvalue weighted by molar-refractivity contribution is 6.29. The highest BCUT2D eigenvalue weighted by Gasteiger charge is 2.26. The van der Waals surface area contributed by atoms with Gasteiger partial charge in [0.15, 0.2) is 0 Å². The van der Waals surface area contributed by atoms with Gasteiger partial charge in [-0.2, -0.15) is 0 Å². The van der Waals surface area contributed by atoms with E-state index in [9.17, 15) is 0 Å². The molecule has 2 aromatic heterocycles. The lowest BCUT2D eigenvalue weighted by molar-refractivity contribution is 1.18. The first-order chi connectivity index (χ1) is 29.8. The zero-order chi connectivity index (χ0) is 39.3. The third-order valence-electron chi connectivity index (χ3n) is 12.8. The molecule has 0 atom stereocenters. The van der Waals surface area contributed by atoms with E-state index < -0.39 is 0 Å². The van der Waals surface area contributed by atoms with Crippen LogP contribution in [0.2, 0.25) is 0 Å². The Balaban J connectivity index is 1.11. The van der Waals surface area contributed by atoms with Crippen molar-refractivity contribution in [1.29, 1.82) is 0 Å². The number of para-hydroxylation sites is 2. The van der Waals surface area contributed by atoms with Crippen molar-refractivity contribution in [3.05, 3.63) is 218 Å². The summed E-state index contributed by atoms with van der Waals surface area (Å²) in [6.45, 7) is 0. The lowest BCUT2D eigenvalue weighted by atomic mass is 9.96. The molecule has 0 saturated heterocycles. The zero-order valence-corrected chi connectivity index (χ0v) is 32.7. The summed E-state index contributed by atoms with van der Waals surface area (Å²) >= 11 is 0. The fourth-order valence-corrected chi connectivity index (χ4v) is 10.2. The summed E-state index contributed by atoms with van der Waals surface area (Å²) in [5, 5.41) is 7.68. The highest BCUT2D eigenvalue weighted by Crippen LogP contribution is 2.51. The fraction of sp³-hybridized carbons (Fsp3) is 0. The van der Waals surface area contributed by atoms with Gasteiger partial charge in [0.25, 0.3) is 0 Å². The van der Waals surface area contributed by atoms with E-state index >= 15 is 0 Å². The van der Waals surface area contributed by atoms with E-state index in [2.05, 4.69) is 228 Å². The van der Waals surface area contributed by atoms with E-state index in [1.807, 2.05) is 0 Å². The van der Waals surface area contributed by atoms with Crippen LogP contribution in [0.15, 0.2) is 218 Å². The molecule has 2 heterocycles. The normalized spacial score (nSPS) is 12.0. The molecule has 0 saturated carbocycles. The first-order valence-corrected chi connectivity index (χ1v) is 20.8. The second kappa shape index (κ2) is 12.8. The summed E-state index contributed by atoms with van der Waals surface area (Å²) < 4.78 is 4.91. The molecule has 10 aromatic carbocycles. The summed E-state index contributed by atoms with van der Waals surface area (Å²) in [7, 11) is 0. The third-order valence-corrected chi connectivity index (χ3v) is 12.8. The van der Waals surface area contributed by atoms with E-state index in [0.29, 0.717) is 0 Å². The third kappa shape index (κ3) is 4.82. The molecule has 0 unspecified atom stereocenters. The summed E-state index contributed by atoms with van der Waals surface area (Å²) in [5.41, 5.74) is 19.6. The van der Waals surface area contributed by atoms with E-state index in [1.165, 1.54) is 116 Å². The average molecular weight is 761 g/mol. The van der Waals surface area contributed by atoms with Crippen molar-refractivity contribution < 1.29 is 0 Å². The van der Waals surface area contributed by atoms with Gasteiger partial charge in [-0.25, -0.2) is 0 Å². The van der Waals surface area contributed by atoms with Crippen molar-refractivity contribution >= 4 is 54.4 Å². The van der Waals surface area contributed by atoms with Gasteiger partial charge in [-0.15, -0.1) is 0 Å². The van der Waals surface area contributed by atoms with E-state index in [1.54, 1.807) is 0 Å².